The van der Waals surface area contributed by atoms with Gasteiger partial charge in [-0.2, -0.15) is 0 Å². The summed E-state index contributed by atoms with van der Waals surface area (Å²) in [6, 6.07) is 9.53. The summed E-state index contributed by atoms with van der Waals surface area (Å²) in [6.45, 7) is 11.3. The first kappa shape index (κ1) is 48.0. The molecule has 1 aliphatic heterocycles. The third kappa shape index (κ3) is 11.3. The van der Waals surface area contributed by atoms with Crippen molar-refractivity contribution in [2.24, 2.45) is 0 Å². The van der Waals surface area contributed by atoms with Crippen molar-refractivity contribution >= 4 is 46.6 Å². The standard InChI is InChI=1S/C22H30N4O6.C21H20ClN3O7/c1-4-23-22(30)20-19(24-18(29)5-6-26-7-9-31-10-8-26)21(32-25-20)15-11-14(13(2)3)16(27)12-17(15)28;1-4-23-21(29)18-17(19(32-25-18)11-8-12(22)14(27)9-13(11)26)24-20(28)10-5-6-15(30-2)16(7-10)31-3/h11-13,27-28H,4-10H2,1-3H3,(H,23,30)(H,24,29);5-9,26-27H,4H2,1-3H3,(H,23,29)(H,24,28). The van der Waals surface area contributed by atoms with E-state index in [9.17, 15) is 39.6 Å². The monoisotopic (exact) mass is 907 g/mol. The number of rotatable bonds is 15. The van der Waals surface area contributed by atoms with Crippen LogP contribution in [0.1, 0.15) is 76.9 Å². The molecule has 0 bridgehead atoms. The molecule has 64 heavy (non-hydrogen) atoms. The molecule has 0 aliphatic carbocycles. The minimum absolute atomic E-state index is 0.0125. The molecule has 0 unspecified atom stereocenters. The molecule has 3 heterocycles. The molecule has 1 fully saturated rings. The molecule has 1 aliphatic rings. The molecule has 2 aromatic heterocycles. The number of phenolic OH excluding ortho intramolecular Hbond substituents is 4. The predicted molar refractivity (Wildman–Crippen MR) is 234 cm³/mol. The van der Waals surface area contributed by atoms with E-state index >= 15 is 0 Å². The lowest BCUT2D eigenvalue weighted by Crippen LogP contribution is -2.38. The van der Waals surface area contributed by atoms with Crippen LogP contribution in [0.25, 0.3) is 22.6 Å². The minimum Gasteiger partial charge on any atom is -0.508 e. The zero-order chi connectivity index (χ0) is 46.7. The maximum absolute atomic E-state index is 13.0. The Balaban J connectivity index is 0.000000241. The smallest absolute Gasteiger partial charge is 0.275 e. The van der Waals surface area contributed by atoms with E-state index in [4.69, 9.17) is 34.9 Å². The quantitative estimate of drug-likeness (QED) is 0.0624. The molecule has 20 nitrogen and oxygen atoms in total. The van der Waals surface area contributed by atoms with E-state index in [-0.39, 0.29) is 91.5 Å². The highest BCUT2D eigenvalue weighted by Crippen LogP contribution is 2.43. The van der Waals surface area contributed by atoms with Crippen molar-refractivity contribution in [2.75, 3.05) is 70.8 Å². The normalized spacial score (nSPS) is 12.5. The molecule has 0 radical (unpaired) electrons. The molecular weight excluding hydrogens is 858 g/mol. The summed E-state index contributed by atoms with van der Waals surface area (Å²) in [6.07, 6.45) is 0.207. The fourth-order valence-electron chi connectivity index (χ4n) is 6.40. The lowest BCUT2D eigenvalue weighted by molar-refractivity contribution is -0.116. The van der Waals surface area contributed by atoms with Gasteiger partial charge in [0.2, 0.25) is 5.91 Å². The Morgan fingerprint density at radius 1 is 0.734 bits per heavy atom. The number of carbonyl (C=O) groups excluding carboxylic acids is 4. The number of aromatic hydroxyl groups is 4. The highest BCUT2D eigenvalue weighted by molar-refractivity contribution is 6.32. The third-order valence-electron chi connectivity index (χ3n) is 9.72. The molecule has 5 aromatic rings. The molecule has 6 rings (SSSR count). The van der Waals surface area contributed by atoms with Crippen molar-refractivity contribution in [3.8, 4) is 57.1 Å². The first-order chi connectivity index (χ1) is 30.6. The van der Waals surface area contributed by atoms with Crippen LogP contribution in [-0.2, 0) is 9.53 Å². The van der Waals surface area contributed by atoms with Gasteiger partial charge in [-0.05, 0) is 55.7 Å². The number of hydrogen-bond donors (Lipinski definition) is 8. The van der Waals surface area contributed by atoms with Gasteiger partial charge in [0.25, 0.3) is 17.7 Å². The fourth-order valence-corrected chi connectivity index (χ4v) is 6.56. The summed E-state index contributed by atoms with van der Waals surface area (Å²) < 4.78 is 26.4. The second-order valence-corrected chi connectivity index (χ2v) is 14.8. The number of nitrogens with zero attached hydrogens (tertiary/aromatic N) is 3. The molecule has 4 amide bonds. The van der Waals surface area contributed by atoms with Gasteiger partial charge >= 0.3 is 0 Å². The Morgan fingerprint density at radius 3 is 1.83 bits per heavy atom. The highest BCUT2D eigenvalue weighted by Gasteiger charge is 2.29. The molecule has 21 heteroatoms. The SMILES string of the molecule is CCNC(=O)c1noc(-c2cc(C(C)C)c(O)cc2O)c1NC(=O)CCN1CCOCC1.CCNC(=O)c1noc(-c2cc(Cl)c(O)cc2O)c1NC(=O)c1ccc(OC)c(OC)c1. The largest absolute Gasteiger partial charge is 0.508 e. The number of nitrogens with one attached hydrogen (secondary N) is 4. The van der Waals surface area contributed by atoms with Crippen LogP contribution in [0.4, 0.5) is 11.4 Å². The van der Waals surface area contributed by atoms with Crippen LogP contribution in [0.3, 0.4) is 0 Å². The first-order valence-electron chi connectivity index (χ1n) is 20.1. The summed E-state index contributed by atoms with van der Waals surface area (Å²) in [5.74, 6) is -2.44. The lowest BCUT2D eigenvalue weighted by Gasteiger charge is -2.26. The fraction of sp³-hybridized carbons (Fsp3) is 0.349. The number of benzene rings is 3. The van der Waals surface area contributed by atoms with Gasteiger partial charge in [-0.25, -0.2) is 0 Å². The van der Waals surface area contributed by atoms with Crippen molar-refractivity contribution < 1.29 is 62.9 Å². The van der Waals surface area contributed by atoms with Crippen LogP contribution in [0.15, 0.2) is 51.5 Å². The number of hydrogen-bond acceptors (Lipinski definition) is 16. The molecule has 0 atom stereocenters. The number of amides is 4. The Kier molecular flexibility index (Phi) is 16.4. The predicted octanol–water partition coefficient (Wildman–Crippen LogP) is 5.71. The topological polar surface area (TPSA) is 280 Å². The van der Waals surface area contributed by atoms with Gasteiger partial charge < -0.3 is 65.0 Å². The Bertz CT molecular complexity index is 2480. The summed E-state index contributed by atoms with van der Waals surface area (Å²) in [5, 5.41) is 58.6. The van der Waals surface area contributed by atoms with Crippen molar-refractivity contribution in [3.63, 3.8) is 0 Å². The zero-order valence-electron chi connectivity index (χ0n) is 36.0. The minimum atomic E-state index is -0.606. The summed E-state index contributed by atoms with van der Waals surface area (Å²) >= 11 is 5.96. The van der Waals surface area contributed by atoms with E-state index in [0.29, 0.717) is 49.9 Å². The number of ether oxygens (including phenoxy) is 3. The average molecular weight is 908 g/mol. The first-order valence-corrected chi connectivity index (χ1v) is 20.5. The van der Waals surface area contributed by atoms with Crippen LogP contribution in [0.5, 0.6) is 34.5 Å². The van der Waals surface area contributed by atoms with Gasteiger partial charge in [0.15, 0.2) is 34.4 Å². The van der Waals surface area contributed by atoms with Crippen LogP contribution >= 0.6 is 11.6 Å². The Labute approximate surface area is 372 Å². The van der Waals surface area contributed by atoms with E-state index in [2.05, 4.69) is 36.5 Å². The van der Waals surface area contributed by atoms with Gasteiger partial charge in [0.1, 0.15) is 34.4 Å². The van der Waals surface area contributed by atoms with E-state index in [1.807, 2.05) is 13.8 Å². The molecule has 8 N–H and O–H groups in total. The number of aromatic nitrogens is 2. The second kappa shape index (κ2) is 21.9. The van der Waals surface area contributed by atoms with Crippen LogP contribution < -0.4 is 30.7 Å². The van der Waals surface area contributed by atoms with Gasteiger partial charge in [-0.3, -0.25) is 24.1 Å². The van der Waals surface area contributed by atoms with Gasteiger partial charge in [-0.15, -0.1) is 0 Å². The number of morpholine rings is 1. The number of carbonyl (C=O) groups is 4. The van der Waals surface area contributed by atoms with E-state index < -0.39 is 23.5 Å². The van der Waals surface area contributed by atoms with E-state index in [0.717, 1.165) is 19.2 Å². The number of anilines is 2. The van der Waals surface area contributed by atoms with Crippen LogP contribution in [0.2, 0.25) is 5.02 Å². The highest BCUT2D eigenvalue weighted by atomic mass is 35.5. The van der Waals surface area contributed by atoms with E-state index in [1.54, 1.807) is 26.0 Å². The molecule has 3 aromatic carbocycles. The molecule has 0 saturated carbocycles. The van der Waals surface area contributed by atoms with Crippen LogP contribution in [0, 0.1) is 0 Å². The van der Waals surface area contributed by atoms with Crippen molar-refractivity contribution in [1.82, 2.24) is 25.8 Å². The van der Waals surface area contributed by atoms with Crippen molar-refractivity contribution in [1.29, 1.82) is 0 Å². The zero-order valence-corrected chi connectivity index (χ0v) is 36.7. The van der Waals surface area contributed by atoms with Gasteiger partial charge in [-0.1, -0.05) is 35.8 Å². The average Bonchev–Trinajstić information content (AvgIpc) is 3.88. The van der Waals surface area contributed by atoms with Crippen molar-refractivity contribution in [2.45, 2.75) is 40.0 Å². The lowest BCUT2D eigenvalue weighted by atomic mass is 9.97. The molecule has 1 saturated heterocycles. The summed E-state index contributed by atoms with van der Waals surface area (Å²) in [5.41, 5.74) is 0.713. The molecule has 0 spiro atoms. The summed E-state index contributed by atoms with van der Waals surface area (Å²) in [7, 11) is 2.90. The Morgan fingerprint density at radius 2 is 1.28 bits per heavy atom. The maximum atomic E-state index is 13.0. The number of methoxy groups -OCH3 is 2. The molecule has 342 valence electrons. The summed E-state index contributed by atoms with van der Waals surface area (Å²) in [4.78, 5) is 52.8. The van der Waals surface area contributed by atoms with Crippen molar-refractivity contribution in [3.05, 3.63) is 70.0 Å². The molecular formula is C43H50ClN7O13. The second-order valence-electron chi connectivity index (χ2n) is 14.4. The Hall–Kier alpha value is -7.03. The maximum Gasteiger partial charge on any atom is 0.275 e. The van der Waals surface area contributed by atoms with E-state index in [1.165, 1.54) is 38.5 Å². The number of phenols is 4. The van der Waals surface area contributed by atoms with Gasteiger partial charge in [0.05, 0.1) is 43.6 Å². The number of halogens is 1. The third-order valence-corrected chi connectivity index (χ3v) is 10.0. The van der Waals surface area contributed by atoms with Crippen LogP contribution in [-0.4, -0.2) is 119 Å². The van der Waals surface area contributed by atoms with Gasteiger partial charge in [0, 0.05) is 56.8 Å².